The van der Waals surface area contributed by atoms with Crippen molar-refractivity contribution in [2.24, 2.45) is 0 Å². The fourth-order valence-corrected chi connectivity index (χ4v) is 3.26. The summed E-state index contributed by atoms with van der Waals surface area (Å²) in [7, 11) is 0. The summed E-state index contributed by atoms with van der Waals surface area (Å²) < 4.78 is 44.0. The van der Waals surface area contributed by atoms with Gasteiger partial charge in [0.1, 0.15) is 18.2 Å². The summed E-state index contributed by atoms with van der Waals surface area (Å²) in [4.78, 5) is 17.4. The van der Waals surface area contributed by atoms with Crippen LogP contribution in [0.4, 0.5) is 24.7 Å². The first-order valence-electron chi connectivity index (χ1n) is 10.2. The van der Waals surface area contributed by atoms with Gasteiger partial charge in [0.05, 0.1) is 23.2 Å². The van der Waals surface area contributed by atoms with Crippen molar-refractivity contribution >= 4 is 28.3 Å². The van der Waals surface area contributed by atoms with Crippen molar-refractivity contribution in [3.63, 3.8) is 0 Å². The van der Waals surface area contributed by atoms with Crippen LogP contribution in [0.3, 0.4) is 0 Å². The lowest BCUT2D eigenvalue weighted by Crippen LogP contribution is -2.28. The zero-order valence-electron chi connectivity index (χ0n) is 17.4. The van der Waals surface area contributed by atoms with Gasteiger partial charge in [-0.15, -0.1) is 0 Å². The zero-order valence-corrected chi connectivity index (χ0v) is 17.4. The van der Waals surface area contributed by atoms with E-state index in [0.717, 1.165) is 12.1 Å². The lowest BCUT2D eigenvalue weighted by atomic mass is 10.1. The second-order valence-corrected chi connectivity index (χ2v) is 7.19. The van der Waals surface area contributed by atoms with Crippen molar-refractivity contribution in [3.8, 4) is 5.75 Å². The SMILES string of the molecule is O=C(NCCOc1ccccc1)c1cc(Nc2ccc(C(F)(F)F)cc2)nc2ccccc12. The van der Waals surface area contributed by atoms with Crippen LogP contribution >= 0.6 is 0 Å². The van der Waals surface area contributed by atoms with Gasteiger partial charge in [-0.05, 0) is 48.5 Å². The molecule has 0 unspecified atom stereocenters. The number of halogens is 3. The van der Waals surface area contributed by atoms with Gasteiger partial charge in [0.25, 0.3) is 5.91 Å². The second-order valence-electron chi connectivity index (χ2n) is 7.19. The Labute approximate surface area is 188 Å². The summed E-state index contributed by atoms with van der Waals surface area (Å²) in [6, 6.07) is 22.6. The van der Waals surface area contributed by atoms with Crippen molar-refractivity contribution in [2.75, 3.05) is 18.5 Å². The van der Waals surface area contributed by atoms with E-state index in [4.69, 9.17) is 4.74 Å². The summed E-state index contributed by atoms with van der Waals surface area (Å²) >= 11 is 0. The van der Waals surface area contributed by atoms with Gasteiger partial charge < -0.3 is 15.4 Å². The first-order chi connectivity index (χ1) is 15.9. The second kappa shape index (κ2) is 9.60. The number of carbonyl (C=O) groups excluding carboxylic acids is 1. The average molecular weight is 451 g/mol. The molecule has 4 aromatic rings. The number of benzene rings is 3. The van der Waals surface area contributed by atoms with E-state index in [1.807, 2.05) is 36.4 Å². The number of amides is 1. The van der Waals surface area contributed by atoms with Crippen LogP contribution in [-0.4, -0.2) is 24.0 Å². The number of ether oxygens (including phenoxy) is 1. The summed E-state index contributed by atoms with van der Waals surface area (Å²) in [6.07, 6.45) is -4.41. The van der Waals surface area contributed by atoms with E-state index >= 15 is 0 Å². The summed E-state index contributed by atoms with van der Waals surface area (Å²) in [5.41, 5.74) is 0.667. The molecule has 4 rings (SSSR count). The first-order valence-corrected chi connectivity index (χ1v) is 10.2. The van der Waals surface area contributed by atoms with E-state index in [1.54, 1.807) is 24.3 Å². The number of rotatable bonds is 7. The molecule has 8 heteroatoms. The van der Waals surface area contributed by atoms with Gasteiger partial charge in [-0.3, -0.25) is 4.79 Å². The van der Waals surface area contributed by atoms with Crippen LogP contribution in [0.15, 0.2) is 84.9 Å². The molecule has 0 saturated carbocycles. The highest BCUT2D eigenvalue weighted by atomic mass is 19.4. The van der Waals surface area contributed by atoms with Crippen LogP contribution in [0, 0.1) is 0 Å². The Bertz CT molecular complexity index is 1240. The molecule has 5 nitrogen and oxygen atoms in total. The van der Waals surface area contributed by atoms with E-state index in [9.17, 15) is 18.0 Å². The number of fused-ring (bicyclic) bond motifs is 1. The van der Waals surface area contributed by atoms with Crippen molar-refractivity contribution in [1.82, 2.24) is 10.3 Å². The standard InChI is InChI=1S/C25H20F3N3O2/c26-25(27,28)17-10-12-18(13-11-17)30-23-16-21(20-8-4-5-9-22(20)31-23)24(32)29-14-15-33-19-6-2-1-3-7-19/h1-13,16H,14-15H2,(H,29,32)(H,30,31). The number of nitrogens with one attached hydrogen (secondary N) is 2. The monoisotopic (exact) mass is 451 g/mol. The number of aromatic nitrogens is 1. The molecule has 33 heavy (non-hydrogen) atoms. The number of pyridine rings is 1. The number of hydrogen-bond donors (Lipinski definition) is 2. The molecule has 0 aliphatic rings. The van der Waals surface area contributed by atoms with E-state index in [2.05, 4.69) is 15.6 Å². The molecule has 0 saturated heterocycles. The van der Waals surface area contributed by atoms with Gasteiger partial charge in [-0.2, -0.15) is 13.2 Å². The van der Waals surface area contributed by atoms with Crippen LogP contribution in [0.5, 0.6) is 5.75 Å². The van der Waals surface area contributed by atoms with Gasteiger partial charge in [0.15, 0.2) is 0 Å². The molecule has 168 valence electrons. The molecular formula is C25H20F3N3O2. The maximum absolute atomic E-state index is 12.9. The fourth-order valence-electron chi connectivity index (χ4n) is 3.26. The lowest BCUT2D eigenvalue weighted by Gasteiger charge is -2.13. The third-order valence-electron chi connectivity index (χ3n) is 4.84. The van der Waals surface area contributed by atoms with E-state index in [0.29, 0.717) is 46.9 Å². The van der Waals surface area contributed by atoms with Gasteiger partial charge >= 0.3 is 6.18 Å². The summed E-state index contributed by atoms with van der Waals surface area (Å²) in [5.74, 6) is 0.754. The Balaban J connectivity index is 1.49. The smallest absolute Gasteiger partial charge is 0.416 e. The minimum atomic E-state index is -4.41. The summed E-state index contributed by atoms with van der Waals surface area (Å²) in [6.45, 7) is 0.599. The Kier molecular flexibility index (Phi) is 6.44. The van der Waals surface area contributed by atoms with Gasteiger partial charge in [0, 0.05) is 11.1 Å². The first kappa shape index (κ1) is 22.1. The molecule has 1 amide bonds. The van der Waals surface area contributed by atoms with Gasteiger partial charge in [0.2, 0.25) is 0 Å². The average Bonchev–Trinajstić information content (AvgIpc) is 2.81. The third-order valence-corrected chi connectivity index (χ3v) is 4.84. The quantitative estimate of drug-likeness (QED) is 0.348. The number of hydrogen-bond acceptors (Lipinski definition) is 4. The lowest BCUT2D eigenvalue weighted by molar-refractivity contribution is -0.137. The van der Waals surface area contributed by atoms with Gasteiger partial charge in [-0.25, -0.2) is 4.98 Å². The Morgan fingerprint density at radius 3 is 2.33 bits per heavy atom. The molecule has 1 heterocycles. The number of carbonyl (C=O) groups is 1. The maximum atomic E-state index is 12.9. The minimum Gasteiger partial charge on any atom is -0.492 e. The highest BCUT2D eigenvalue weighted by Crippen LogP contribution is 2.30. The van der Waals surface area contributed by atoms with Crippen LogP contribution in [0.2, 0.25) is 0 Å². The predicted octanol–water partition coefficient (Wildman–Crippen LogP) is 5.81. The number of alkyl halides is 3. The minimum absolute atomic E-state index is 0.298. The van der Waals surface area contributed by atoms with Crippen molar-refractivity contribution in [2.45, 2.75) is 6.18 Å². The predicted molar refractivity (Wildman–Crippen MR) is 121 cm³/mol. The molecule has 3 aromatic carbocycles. The zero-order chi connectivity index (χ0) is 23.3. The van der Waals surface area contributed by atoms with Gasteiger partial charge in [-0.1, -0.05) is 36.4 Å². The highest BCUT2D eigenvalue weighted by molar-refractivity contribution is 6.07. The molecular weight excluding hydrogens is 431 g/mol. The largest absolute Gasteiger partial charge is 0.492 e. The molecule has 0 bridgehead atoms. The number of anilines is 2. The molecule has 0 fully saturated rings. The Morgan fingerprint density at radius 2 is 1.61 bits per heavy atom. The molecule has 0 aliphatic carbocycles. The van der Waals surface area contributed by atoms with Crippen molar-refractivity contribution < 1.29 is 22.7 Å². The highest BCUT2D eigenvalue weighted by Gasteiger charge is 2.29. The third kappa shape index (κ3) is 5.60. The fraction of sp³-hybridized carbons (Fsp3) is 0.120. The number of nitrogens with zero attached hydrogens (tertiary/aromatic N) is 1. The topological polar surface area (TPSA) is 63.2 Å². The van der Waals surface area contributed by atoms with Crippen LogP contribution in [-0.2, 0) is 6.18 Å². The van der Waals surface area contributed by atoms with Crippen LogP contribution in [0.1, 0.15) is 15.9 Å². The molecule has 0 spiro atoms. The maximum Gasteiger partial charge on any atom is 0.416 e. The Morgan fingerprint density at radius 1 is 0.909 bits per heavy atom. The van der Waals surface area contributed by atoms with Crippen LogP contribution < -0.4 is 15.4 Å². The van der Waals surface area contributed by atoms with Crippen molar-refractivity contribution in [3.05, 3.63) is 96.1 Å². The Hall–Kier alpha value is -4.07. The molecule has 1 aromatic heterocycles. The van der Waals surface area contributed by atoms with Crippen molar-refractivity contribution in [1.29, 1.82) is 0 Å². The van der Waals surface area contributed by atoms with Crippen LogP contribution in [0.25, 0.3) is 10.9 Å². The normalized spacial score (nSPS) is 11.2. The van der Waals surface area contributed by atoms with E-state index in [1.165, 1.54) is 12.1 Å². The molecule has 2 N–H and O–H groups in total. The van der Waals surface area contributed by atoms with E-state index in [-0.39, 0.29) is 5.91 Å². The molecule has 0 radical (unpaired) electrons. The summed E-state index contributed by atoms with van der Waals surface area (Å²) in [5, 5.41) is 6.47. The number of para-hydroxylation sites is 2. The molecule has 0 aliphatic heterocycles. The van der Waals surface area contributed by atoms with E-state index < -0.39 is 11.7 Å². The molecule has 0 atom stereocenters.